The molecule has 0 spiro atoms. The largest absolute Gasteiger partial charge is 0.378 e. The third kappa shape index (κ3) is 3.13. The molecule has 0 rings (SSSR count). The molecule has 0 fully saturated rings. The lowest BCUT2D eigenvalue weighted by atomic mass is 10.6. The summed E-state index contributed by atoms with van der Waals surface area (Å²) in [5.41, 5.74) is 0. The maximum Gasteiger partial charge on any atom is 0.227 e. The van der Waals surface area contributed by atoms with Gasteiger partial charge in [0.05, 0.1) is 0 Å². The van der Waals surface area contributed by atoms with Gasteiger partial charge in [0.15, 0.2) is 0 Å². The van der Waals surface area contributed by atoms with E-state index in [2.05, 4.69) is 0 Å². The van der Waals surface area contributed by atoms with Gasteiger partial charge in [-0.05, 0) is 13.8 Å². The Balaban J connectivity index is 4.76. The minimum absolute atomic E-state index is 0.166. The van der Waals surface area contributed by atoms with Crippen LogP contribution in [0.25, 0.3) is 0 Å². The van der Waals surface area contributed by atoms with Crippen molar-refractivity contribution in [1.29, 1.82) is 0 Å². The first-order valence-electron chi connectivity index (χ1n) is 3.26. The van der Waals surface area contributed by atoms with Crippen LogP contribution < -0.4 is 0 Å². The molecule has 0 aliphatic carbocycles. The number of sulfonamides is 1. The van der Waals surface area contributed by atoms with Crippen LogP contribution in [0.5, 0.6) is 0 Å². The van der Waals surface area contributed by atoms with E-state index in [4.69, 9.17) is 10.2 Å². The molecule has 2 unspecified atom stereocenters. The number of hydrogen-bond acceptors (Lipinski definition) is 4. The summed E-state index contributed by atoms with van der Waals surface area (Å²) in [6, 6.07) is 0. The molecule has 0 saturated carbocycles. The third-order valence-electron chi connectivity index (χ3n) is 1.20. The average Bonchev–Trinajstić information content (AvgIpc) is 1.84. The van der Waals surface area contributed by atoms with Crippen molar-refractivity contribution in [2.75, 3.05) is 3.76 Å². The molecule has 74 valence electrons. The molecular formula is C5H12INO4S. The Morgan fingerprint density at radius 3 is 1.75 bits per heavy atom. The molecule has 0 heterocycles. The topological polar surface area (TPSA) is 77.8 Å². The van der Waals surface area contributed by atoms with Crippen LogP contribution in [0.3, 0.4) is 0 Å². The maximum atomic E-state index is 11.2. The van der Waals surface area contributed by atoms with Crippen LogP contribution in [0, 0.1) is 0 Å². The van der Waals surface area contributed by atoms with Crippen molar-refractivity contribution in [2.45, 2.75) is 26.3 Å². The summed E-state index contributed by atoms with van der Waals surface area (Å²) in [5.74, 6) is 0. The van der Waals surface area contributed by atoms with Gasteiger partial charge in [0, 0.05) is 0 Å². The molecule has 0 bridgehead atoms. The highest BCUT2D eigenvalue weighted by Crippen LogP contribution is 2.11. The van der Waals surface area contributed by atoms with Crippen molar-refractivity contribution in [3.05, 3.63) is 0 Å². The third-order valence-corrected chi connectivity index (χ3v) is 5.09. The number of nitrogens with zero attached hydrogens (tertiary/aromatic N) is 1. The van der Waals surface area contributed by atoms with E-state index < -0.39 is 22.5 Å². The SMILES string of the molecule is CC(O)N(C(C)O)S(=O)(=O)CI. The van der Waals surface area contributed by atoms with E-state index in [1.807, 2.05) is 0 Å². The highest BCUT2D eigenvalue weighted by Gasteiger charge is 2.28. The fourth-order valence-corrected chi connectivity index (χ4v) is 2.84. The summed E-state index contributed by atoms with van der Waals surface area (Å²) in [5, 5.41) is 18.1. The van der Waals surface area contributed by atoms with Gasteiger partial charge in [0.2, 0.25) is 10.0 Å². The fraction of sp³-hybridized carbons (Fsp3) is 1.00. The lowest BCUT2D eigenvalue weighted by Crippen LogP contribution is -2.44. The molecule has 0 aromatic heterocycles. The smallest absolute Gasteiger partial charge is 0.227 e. The zero-order valence-corrected chi connectivity index (χ0v) is 9.78. The number of hydrogen-bond donors (Lipinski definition) is 2. The summed E-state index contributed by atoms with van der Waals surface area (Å²) < 4.78 is 22.8. The zero-order chi connectivity index (χ0) is 9.94. The molecule has 0 aromatic rings. The molecule has 0 aliphatic heterocycles. The Labute approximate surface area is 85.6 Å². The molecule has 2 atom stereocenters. The molecule has 5 nitrogen and oxygen atoms in total. The second-order valence-electron chi connectivity index (χ2n) is 2.31. The quantitative estimate of drug-likeness (QED) is 0.424. The molecule has 0 saturated heterocycles. The van der Waals surface area contributed by atoms with Gasteiger partial charge in [0.25, 0.3) is 0 Å². The molecule has 0 amide bonds. The maximum absolute atomic E-state index is 11.2. The molecule has 7 heteroatoms. The van der Waals surface area contributed by atoms with Gasteiger partial charge in [-0.15, -0.1) is 4.31 Å². The molecule has 0 radical (unpaired) electrons. The van der Waals surface area contributed by atoms with Crippen LogP contribution in [-0.4, -0.2) is 39.2 Å². The first kappa shape index (κ1) is 12.6. The minimum atomic E-state index is -3.54. The van der Waals surface area contributed by atoms with Crippen molar-refractivity contribution in [3.63, 3.8) is 0 Å². The molecular weight excluding hydrogens is 297 g/mol. The first-order valence-corrected chi connectivity index (χ1v) is 6.39. The van der Waals surface area contributed by atoms with E-state index in [0.717, 1.165) is 0 Å². The van der Waals surface area contributed by atoms with E-state index in [9.17, 15) is 8.42 Å². The standard InChI is InChI=1S/C5H12INO4S/c1-4(8)7(5(2)9)12(10,11)3-6/h4-5,8-9H,3H2,1-2H3. The fourth-order valence-electron chi connectivity index (χ4n) is 0.833. The number of rotatable bonds is 4. The van der Waals surface area contributed by atoms with Crippen LogP contribution in [0.4, 0.5) is 0 Å². The van der Waals surface area contributed by atoms with Gasteiger partial charge in [-0.2, -0.15) is 0 Å². The average molecular weight is 309 g/mol. The lowest BCUT2D eigenvalue weighted by molar-refractivity contribution is -0.0234. The number of aliphatic hydroxyl groups is 2. The van der Waals surface area contributed by atoms with Gasteiger partial charge < -0.3 is 10.2 Å². The molecule has 0 aliphatic rings. The van der Waals surface area contributed by atoms with Crippen molar-refractivity contribution in [3.8, 4) is 0 Å². The van der Waals surface area contributed by atoms with Crippen LogP contribution in [0.1, 0.15) is 13.8 Å². The Hall–Kier alpha value is 0.560. The van der Waals surface area contributed by atoms with Gasteiger partial charge in [-0.3, -0.25) is 0 Å². The van der Waals surface area contributed by atoms with Crippen LogP contribution in [-0.2, 0) is 10.0 Å². The Morgan fingerprint density at radius 2 is 1.67 bits per heavy atom. The van der Waals surface area contributed by atoms with Crippen LogP contribution in [0.2, 0.25) is 0 Å². The molecule has 12 heavy (non-hydrogen) atoms. The zero-order valence-electron chi connectivity index (χ0n) is 6.81. The summed E-state index contributed by atoms with van der Waals surface area (Å²) in [4.78, 5) is 0. The van der Waals surface area contributed by atoms with E-state index in [1.165, 1.54) is 13.8 Å². The summed E-state index contributed by atoms with van der Waals surface area (Å²) >= 11 is 1.66. The predicted octanol–water partition coefficient (Wildman–Crippen LogP) is -0.313. The summed E-state index contributed by atoms with van der Waals surface area (Å²) in [6.07, 6.45) is -2.41. The first-order chi connectivity index (χ1) is 5.33. The second-order valence-corrected chi connectivity index (χ2v) is 5.99. The van der Waals surface area contributed by atoms with Crippen LogP contribution >= 0.6 is 22.6 Å². The molecule has 2 N–H and O–H groups in total. The number of halogens is 1. The Bertz CT molecular complexity index is 218. The highest BCUT2D eigenvalue weighted by molar-refractivity contribution is 14.1. The predicted molar refractivity (Wildman–Crippen MR) is 53.0 cm³/mol. The van der Waals surface area contributed by atoms with E-state index in [-0.39, 0.29) is 3.76 Å². The normalized spacial score (nSPS) is 17.8. The van der Waals surface area contributed by atoms with Gasteiger partial charge >= 0.3 is 0 Å². The number of aliphatic hydroxyl groups excluding tert-OH is 2. The Kier molecular flexibility index (Phi) is 4.92. The van der Waals surface area contributed by atoms with Crippen molar-refractivity contribution in [1.82, 2.24) is 4.31 Å². The second kappa shape index (κ2) is 4.70. The Morgan fingerprint density at radius 1 is 1.33 bits per heavy atom. The number of alkyl halides is 1. The highest BCUT2D eigenvalue weighted by atomic mass is 127. The summed E-state index contributed by atoms with van der Waals surface area (Å²) in [7, 11) is -3.54. The lowest BCUT2D eigenvalue weighted by Gasteiger charge is -2.26. The van der Waals surface area contributed by atoms with Gasteiger partial charge in [-0.1, -0.05) is 22.6 Å². The summed E-state index contributed by atoms with van der Waals surface area (Å²) in [6.45, 7) is 2.58. The van der Waals surface area contributed by atoms with Crippen molar-refractivity contribution in [2.24, 2.45) is 0 Å². The van der Waals surface area contributed by atoms with E-state index in [0.29, 0.717) is 4.31 Å². The van der Waals surface area contributed by atoms with Crippen LogP contribution in [0.15, 0.2) is 0 Å². The minimum Gasteiger partial charge on any atom is -0.378 e. The molecule has 0 aromatic carbocycles. The van der Waals surface area contributed by atoms with Gasteiger partial charge in [0.1, 0.15) is 16.2 Å². The van der Waals surface area contributed by atoms with E-state index in [1.54, 1.807) is 22.6 Å². The van der Waals surface area contributed by atoms with Crippen molar-refractivity contribution < 1.29 is 18.6 Å². The van der Waals surface area contributed by atoms with Gasteiger partial charge in [-0.25, -0.2) is 8.42 Å². The van der Waals surface area contributed by atoms with E-state index >= 15 is 0 Å². The monoisotopic (exact) mass is 309 g/mol. The van der Waals surface area contributed by atoms with Crippen molar-refractivity contribution >= 4 is 32.6 Å².